The van der Waals surface area contributed by atoms with E-state index in [9.17, 15) is 4.79 Å². The van der Waals surface area contributed by atoms with E-state index in [4.69, 9.17) is 4.74 Å². The Morgan fingerprint density at radius 1 is 1.45 bits per heavy atom. The number of ether oxygens (including phenoxy) is 1. The molecule has 2 rings (SSSR count). The molecular formula is C14H22N4O2. The molecule has 0 saturated carbocycles. The van der Waals surface area contributed by atoms with Gasteiger partial charge in [-0.3, -0.25) is 0 Å². The summed E-state index contributed by atoms with van der Waals surface area (Å²) in [6.45, 7) is 3.24. The fourth-order valence-corrected chi connectivity index (χ4v) is 2.26. The number of carbonyl (C=O) groups excluding carboxylic acids is 1. The molecule has 1 saturated heterocycles. The Hall–Kier alpha value is -1.82. The number of rotatable bonds is 6. The van der Waals surface area contributed by atoms with E-state index in [-0.39, 0.29) is 6.03 Å². The van der Waals surface area contributed by atoms with Gasteiger partial charge in [0.25, 0.3) is 0 Å². The Kier molecular flexibility index (Phi) is 5.61. The highest BCUT2D eigenvalue weighted by Crippen LogP contribution is 2.25. The molecule has 20 heavy (non-hydrogen) atoms. The summed E-state index contributed by atoms with van der Waals surface area (Å²) in [5.74, 6) is 0.858. The first-order chi connectivity index (χ1) is 9.81. The van der Waals surface area contributed by atoms with Crippen LogP contribution in [0.25, 0.3) is 0 Å². The van der Waals surface area contributed by atoms with E-state index in [0.29, 0.717) is 13.2 Å². The van der Waals surface area contributed by atoms with Crippen molar-refractivity contribution in [2.24, 2.45) is 0 Å². The highest BCUT2D eigenvalue weighted by Gasteiger charge is 2.17. The molecular weight excluding hydrogens is 256 g/mol. The molecule has 1 aliphatic heterocycles. The van der Waals surface area contributed by atoms with Gasteiger partial charge in [-0.15, -0.1) is 0 Å². The third-order valence-corrected chi connectivity index (χ3v) is 3.25. The van der Waals surface area contributed by atoms with Gasteiger partial charge in [0.1, 0.15) is 0 Å². The molecule has 0 aliphatic carbocycles. The maximum atomic E-state index is 11.8. The lowest BCUT2D eigenvalue weighted by Gasteiger charge is -2.20. The predicted octanol–water partition coefficient (Wildman–Crippen LogP) is 1.84. The molecule has 1 aliphatic rings. The van der Waals surface area contributed by atoms with Crippen molar-refractivity contribution < 1.29 is 9.53 Å². The lowest BCUT2D eigenvalue weighted by molar-refractivity contribution is 0.194. The average Bonchev–Trinajstić information content (AvgIpc) is 2.98. The fraction of sp³-hybridized carbons (Fsp3) is 0.571. The smallest absolute Gasteiger partial charge is 0.319 e. The largest absolute Gasteiger partial charge is 0.385 e. The third-order valence-electron chi connectivity index (χ3n) is 3.25. The summed E-state index contributed by atoms with van der Waals surface area (Å²) in [7, 11) is 1.65. The second-order valence-corrected chi connectivity index (χ2v) is 4.80. The third kappa shape index (κ3) is 4.09. The zero-order chi connectivity index (χ0) is 14.2. The van der Waals surface area contributed by atoms with Crippen LogP contribution in [0.1, 0.15) is 19.3 Å². The molecule has 6 nitrogen and oxygen atoms in total. The maximum absolute atomic E-state index is 11.8. The number of hydrogen-bond acceptors (Lipinski definition) is 4. The zero-order valence-electron chi connectivity index (χ0n) is 11.9. The van der Waals surface area contributed by atoms with Crippen LogP contribution in [0.5, 0.6) is 0 Å². The van der Waals surface area contributed by atoms with Crippen LogP contribution in [-0.2, 0) is 4.74 Å². The molecule has 1 aromatic rings. The first-order valence-electron chi connectivity index (χ1n) is 7.05. The van der Waals surface area contributed by atoms with Crippen molar-refractivity contribution in [3.8, 4) is 0 Å². The van der Waals surface area contributed by atoms with Crippen molar-refractivity contribution in [2.75, 3.05) is 43.6 Å². The van der Waals surface area contributed by atoms with Crippen LogP contribution < -0.4 is 15.5 Å². The van der Waals surface area contributed by atoms with Crippen molar-refractivity contribution in [2.45, 2.75) is 19.3 Å². The van der Waals surface area contributed by atoms with Gasteiger partial charge in [0.2, 0.25) is 0 Å². The molecule has 2 heterocycles. The van der Waals surface area contributed by atoms with Gasteiger partial charge in [-0.1, -0.05) is 0 Å². The summed E-state index contributed by atoms with van der Waals surface area (Å²) in [4.78, 5) is 18.4. The molecule has 2 N–H and O–H groups in total. The van der Waals surface area contributed by atoms with Crippen LogP contribution in [0, 0.1) is 0 Å². The van der Waals surface area contributed by atoms with Gasteiger partial charge in [0.15, 0.2) is 5.82 Å². The van der Waals surface area contributed by atoms with Gasteiger partial charge >= 0.3 is 6.03 Å². The lowest BCUT2D eigenvalue weighted by Crippen LogP contribution is -2.31. The molecule has 0 spiro atoms. The first kappa shape index (κ1) is 14.6. The second kappa shape index (κ2) is 7.69. The molecule has 0 radical (unpaired) electrons. The van der Waals surface area contributed by atoms with Crippen LogP contribution in [0.15, 0.2) is 18.3 Å². The van der Waals surface area contributed by atoms with Gasteiger partial charge in [-0.25, -0.2) is 9.78 Å². The van der Waals surface area contributed by atoms with Crippen molar-refractivity contribution in [3.05, 3.63) is 18.3 Å². The van der Waals surface area contributed by atoms with Gasteiger partial charge in [0, 0.05) is 39.5 Å². The zero-order valence-corrected chi connectivity index (χ0v) is 11.9. The number of aromatic nitrogens is 1. The van der Waals surface area contributed by atoms with Gasteiger partial charge in [-0.2, -0.15) is 0 Å². The average molecular weight is 278 g/mol. The molecule has 110 valence electrons. The van der Waals surface area contributed by atoms with Gasteiger partial charge < -0.3 is 20.3 Å². The SMILES string of the molecule is COCCCNC(=O)Nc1cccnc1N1CCCC1. The number of methoxy groups -OCH3 is 1. The summed E-state index contributed by atoms with van der Waals surface area (Å²) in [6, 6.07) is 3.52. The Labute approximate surface area is 119 Å². The minimum Gasteiger partial charge on any atom is -0.385 e. The van der Waals surface area contributed by atoms with E-state index in [1.165, 1.54) is 12.8 Å². The van der Waals surface area contributed by atoms with E-state index in [1.807, 2.05) is 12.1 Å². The number of urea groups is 1. The molecule has 0 aromatic carbocycles. The second-order valence-electron chi connectivity index (χ2n) is 4.80. The standard InChI is InChI=1S/C14H22N4O2/c1-20-11-5-8-16-14(19)17-12-6-4-7-15-13(12)18-9-2-3-10-18/h4,6-7H,2-3,5,8-11H2,1H3,(H2,16,17,19). The molecule has 2 amide bonds. The van der Waals surface area contributed by atoms with Crippen LogP contribution in [0.3, 0.4) is 0 Å². The Bertz CT molecular complexity index is 433. The van der Waals surface area contributed by atoms with E-state index in [0.717, 1.165) is 31.0 Å². The molecule has 1 aromatic heterocycles. The molecule has 6 heteroatoms. The fourth-order valence-electron chi connectivity index (χ4n) is 2.26. The lowest BCUT2D eigenvalue weighted by atomic mass is 10.3. The first-order valence-corrected chi connectivity index (χ1v) is 7.05. The molecule has 1 fully saturated rings. The topological polar surface area (TPSA) is 66.5 Å². The Morgan fingerprint density at radius 3 is 3.00 bits per heavy atom. The summed E-state index contributed by atoms with van der Waals surface area (Å²) < 4.78 is 4.94. The monoisotopic (exact) mass is 278 g/mol. The number of carbonyl (C=O) groups is 1. The minimum atomic E-state index is -0.199. The van der Waals surface area contributed by atoms with E-state index in [2.05, 4.69) is 20.5 Å². The normalized spacial score (nSPS) is 14.3. The Morgan fingerprint density at radius 2 is 2.25 bits per heavy atom. The highest BCUT2D eigenvalue weighted by atomic mass is 16.5. The van der Waals surface area contributed by atoms with Crippen molar-refractivity contribution in [1.29, 1.82) is 0 Å². The van der Waals surface area contributed by atoms with Crippen LogP contribution >= 0.6 is 0 Å². The van der Waals surface area contributed by atoms with Gasteiger partial charge in [0.05, 0.1) is 5.69 Å². The molecule has 0 bridgehead atoms. The van der Waals surface area contributed by atoms with Crippen LogP contribution in [-0.4, -0.2) is 44.4 Å². The number of pyridine rings is 1. The summed E-state index contributed by atoms with van der Waals surface area (Å²) >= 11 is 0. The quantitative estimate of drug-likeness (QED) is 0.779. The predicted molar refractivity (Wildman–Crippen MR) is 79.2 cm³/mol. The molecule has 0 atom stereocenters. The number of nitrogens with zero attached hydrogens (tertiary/aromatic N) is 2. The van der Waals surface area contributed by atoms with E-state index >= 15 is 0 Å². The van der Waals surface area contributed by atoms with Crippen LogP contribution in [0.4, 0.5) is 16.3 Å². The number of nitrogens with one attached hydrogen (secondary N) is 2. The van der Waals surface area contributed by atoms with Crippen molar-refractivity contribution >= 4 is 17.5 Å². The number of hydrogen-bond donors (Lipinski definition) is 2. The summed E-state index contributed by atoms with van der Waals surface area (Å²) in [6.07, 6.45) is 4.92. The highest BCUT2D eigenvalue weighted by molar-refractivity contribution is 5.92. The summed E-state index contributed by atoms with van der Waals surface area (Å²) in [5.41, 5.74) is 0.763. The number of amides is 2. The Balaban J connectivity index is 1.89. The van der Waals surface area contributed by atoms with Crippen LogP contribution in [0.2, 0.25) is 0 Å². The minimum absolute atomic E-state index is 0.199. The van der Waals surface area contributed by atoms with E-state index in [1.54, 1.807) is 13.3 Å². The molecule has 0 unspecified atom stereocenters. The van der Waals surface area contributed by atoms with Crippen molar-refractivity contribution in [3.63, 3.8) is 0 Å². The summed E-state index contributed by atoms with van der Waals surface area (Å²) in [5, 5.41) is 5.68. The number of anilines is 2. The van der Waals surface area contributed by atoms with E-state index < -0.39 is 0 Å². The van der Waals surface area contributed by atoms with Gasteiger partial charge in [-0.05, 0) is 31.4 Å². The maximum Gasteiger partial charge on any atom is 0.319 e. The van der Waals surface area contributed by atoms with Crippen molar-refractivity contribution in [1.82, 2.24) is 10.3 Å².